The Morgan fingerprint density at radius 1 is 0.765 bits per heavy atom. The lowest BCUT2D eigenvalue weighted by Gasteiger charge is -2.27. The zero-order valence-electron chi connectivity index (χ0n) is 18.3. The summed E-state index contributed by atoms with van der Waals surface area (Å²) in [7, 11) is 1.57. The first-order valence-electron chi connectivity index (χ1n) is 10.5. The summed E-state index contributed by atoms with van der Waals surface area (Å²) in [5.74, 6) is -0.385. The van der Waals surface area contributed by atoms with Crippen molar-refractivity contribution in [2.75, 3.05) is 22.8 Å². The highest BCUT2D eigenvalue weighted by Crippen LogP contribution is 2.20. The Labute approximate surface area is 195 Å². The molecule has 3 N–H and O–H groups in total. The number of benzene rings is 3. The topological polar surface area (TPSA) is 117 Å². The smallest absolute Gasteiger partial charge is 0.255 e. The molecular formula is C25H22N4O5. The maximum absolute atomic E-state index is 12.6. The van der Waals surface area contributed by atoms with E-state index < -0.39 is 0 Å². The Morgan fingerprint density at radius 2 is 1.26 bits per heavy atom. The number of hydrazine groups is 1. The van der Waals surface area contributed by atoms with Crippen LogP contribution >= 0.6 is 0 Å². The van der Waals surface area contributed by atoms with Gasteiger partial charge in [-0.25, -0.2) is 5.01 Å². The molecule has 0 aliphatic carbocycles. The predicted octanol–water partition coefficient (Wildman–Crippen LogP) is 3.36. The highest BCUT2D eigenvalue weighted by Gasteiger charge is 2.24. The Balaban J connectivity index is 1.36. The van der Waals surface area contributed by atoms with Crippen LogP contribution in [0.5, 0.6) is 5.75 Å². The highest BCUT2D eigenvalue weighted by molar-refractivity contribution is 6.07. The van der Waals surface area contributed by atoms with Gasteiger partial charge in [-0.2, -0.15) is 0 Å². The van der Waals surface area contributed by atoms with Crippen molar-refractivity contribution in [2.45, 2.75) is 12.8 Å². The number of methoxy groups -OCH3 is 1. The summed E-state index contributed by atoms with van der Waals surface area (Å²) in [4.78, 5) is 48.6. The SMILES string of the molecule is COc1ccc(NC(=O)c2ccc(NC(=O)c3ccc(N4NC(=O)CCC4=O)cc3)cc2)cc1. The Hall–Kier alpha value is -4.66. The molecule has 1 saturated heterocycles. The molecule has 9 heteroatoms. The molecule has 4 rings (SSSR count). The predicted molar refractivity (Wildman–Crippen MR) is 127 cm³/mol. The number of anilines is 3. The van der Waals surface area contributed by atoms with Crippen LogP contribution in [0, 0.1) is 0 Å². The molecule has 0 aromatic heterocycles. The fraction of sp³-hybridized carbons (Fsp3) is 0.120. The van der Waals surface area contributed by atoms with Crippen LogP contribution in [0.15, 0.2) is 72.8 Å². The monoisotopic (exact) mass is 458 g/mol. The fourth-order valence-electron chi connectivity index (χ4n) is 3.33. The van der Waals surface area contributed by atoms with E-state index in [-0.39, 0.29) is 36.5 Å². The average Bonchev–Trinajstić information content (AvgIpc) is 2.86. The van der Waals surface area contributed by atoms with Gasteiger partial charge in [0.25, 0.3) is 11.8 Å². The molecule has 0 atom stereocenters. The molecule has 0 unspecified atom stereocenters. The minimum absolute atomic E-state index is 0.141. The fourth-order valence-corrected chi connectivity index (χ4v) is 3.33. The lowest BCUT2D eigenvalue weighted by atomic mass is 10.1. The average molecular weight is 458 g/mol. The van der Waals surface area contributed by atoms with Crippen LogP contribution in [0.25, 0.3) is 0 Å². The summed E-state index contributed by atoms with van der Waals surface area (Å²) in [5.41, 5.74) is 4.96. The summed E-state index contributed by atoms with van der Waals surface area (Å²) in [6.45, 7) is 0. The van der Waals surface area contributed by atoms with Gasteiger partial charge in [-0.05, 0) is 72.8 Å². The summed E-state index contributed by atoms with van der Waals surface area (Å²) in [5, 5.41) is 6.75. The van der Waals surface area contributed by atoms with Crippen molar-refractivity contribution in [3.63, 3.8) is 0 Å². The van der Waals surface area contributed by atoms with Gasteiger partial charge in [-0.15, -0.1) is 0 Å². The first-order valence-corrected chi connectivity index (χ1v) is 10.5. The summed E-state index contributed by atoms with van der Waals surface area (Å²) < 4.78 is 5.10. The van der Waals surface area contributed by atoms with Gasteiger partial charge in [0.2, 0.25) is 11.8 Å². The van der Waals surface area contributed by atoms with Crippen LogP contribution in [0.2, 0.25) is 0 Å². The zero-order chi connectivity index (χ0) is 24.1. The van der Waals surface area contributed by atoms with Crippen molar-refractivity contribution in [1.82, 2.24) is 5.43 Å². The number of carbonyl (C=O) groups excluding carboxylic acids is 4. The minimum Gasteiger partial charge on any atom is -0.497 e. The first kappa shape index (κ1) is 22.5. The van der Waals surface area contributed by atoms with E-state index in [1.807, 2.05) is 0 Å². The quantitative estimate of drug-likeness (QED) is 0.524. The molecule has 0 spiro atoms. The van der Waals surface area contributed by atoms with Gasteiger partial charge in [-0.3, -0.25) is 24.6 Å². The normalized spacial score (nSPS) is 13.1. The number of rotatable bonds is 6. The van der Waals surface area contributed by atoms with Gasteiger partial charge in [0.15, 0.2) is 0 Å². The molecule has 1 heterocycles. The Kier molecular flexibility index (Phi) is 6.54. The van der Waals surface area contributed by atoms with Gasteiger partial charge in [0, 0.05) is 35.3 Å². The number of carbonyl (C=O) groups is 4. The first-order chi connectivity index (χ1) is 16.4. The van der Waals surface area contributed by atoms with E-state index in [4.69, 9.17) is 4.74 Å². The maximum atomic E-state index is 12.6. The molecule has 0 radical (unpaired) electrons. The lowest BCUT2D eigenvalue weighted by molar-refractivity contribution is -0.130. The van der Waals surface area contributed by atoms with Crippen molar-refractivity contribution in [1.29, 1.82) is 0 Å². The van der Waals surface area contributed by atoms with E-state index in [0.29, 0.717) is 33.9 Å². The van der Waals surface area contributed by atoms with Gasteiger partial charge in [-0.1, -0.05) is 0 Å². The molecule has 172 valence electrons. The van der Waals surface area contributed by atoms with Crippen LogP contribution < -0.4 is 25.8 Å². The molecule has 3 aromatic rings. The summed E-state index contributed by atoms with van der Waals surface area (Å²) >= 11 is 0. The van der Waals surface area contributed by atoms with Gasteiger partial charge in [0.05, 0.1) is 12.8 Å². The molecule has 1 aliphatic heterocycles. The van der Waals surface area contributed by atoms with Crippen molar-refractivity contribution >= 4 is 40.7 Å². The number of amides is 4. The maximum Gasteiger partial charge on any atom is 0.255 e. The number of hydrogen-bond donors (Lipinski definition) is 3. The van der Waals surface area contributed by atoms with E-state index in [9.17, 15) is 19.2 Å². The second-order valence-electron chi connectivity index (χ2n) is 7.53. The summed E-state index contributed by atoms with van der Waals surface area (Å²) in [6, 6.07) is 19.8. The largest absolute Gasteiger partial charge is 0.497 e. The number of nitrogens with zero attached hydrogens (tertiary/aromatic N) is 1. The second-order valence-corrected chi connectivity index (χ2v) is 7.53. The van der Waals surface area contributed by atoms with E-state index in [2.05, 4.69) is 16.1 Å². The van der Waals surface area contributed by atoms with E-state index >= 15 is 0 Å². The van der Waals surface area contributed by atoms with Crippen molar-refractivity contribution in [3.8, 4) is 5.75 Å². The van der Waals surface area contributed by atoms with Gasteiger partial charge in [0.1, 0.15) is 5.75 Å². The van der Waals surface area contributed by atoms with Crippen molar-refractivity contribution < 1.29 is 23.9 Å². The third kappa shape index (κ3) is 5.21. The van der Waals surface area contributed by atoms with Crippen molar-refractivity contribution in [2.24, 2.45) is 0 Å². The third-order valence-electron chi connectivity index (χ3n) is 5.19. The lowest BCUT2D eigenvalue weighted by Crippen LogP contribution is -2.50. The molecule has 34 heavy (non-hydrogen) atoms. The second kappa shape index (κ2) is 9.86. The molecule has 3 aromatic carbocycles. The summed E-state index contributed by atoms with van der Waals surface area (Å²) in [6.07, 6.45) is 0.305. The molecule has 1 aliphatic rings. The molecule has 0 saturated carbocycles. The van der Waals surface area contributed by atoms with Crippen molar-refractivity contribution in [3.05, 3.63) is 83.9 Å². The van der Waals surface area contributed by atoms with Crippen LogP contribution in [0.3, 0.4) is 0 Å². The van der Waals surface area contributed by atoms with E-state index in [1.54, 1.807) is 79.9 Å². The third-order valence-corrected chi connectivity index (χ3v) is 5.19. The standard InChI is InChI=1S/C25H22N4O5/c1-34-21-12-8-19(9-13-21)27-24(32)16-2-6-18(7-3-16)26-25(33)17-4-10-20(11-5-17)29-23(31)15-14-22(30)28-29/h2-13H,14-15H2,1H3,(H,26,33)(H,27,32)(H,28,30). The van der Waals surface area contributed by atoms with Crippen LogP contribution in [0.1, 0.15) is 33.6 Å². The van der Waals surface area contributed by atoms with Gasteiger partial charge >= 0.3 is 0 Å². The van der Waals surface area contributed by atoms with E-state index in [1.165, 1.54) is 5.01 Å². The van der Waals surface area contributed by atoms with Crippen LogP contribution in [-0.4, -0.2) is 30.7 Å². The Bertz CT molecular complexity index is 1220. The van der Waals surface area contributed by atoms with Crippen LogP contribution in [-0.2, 0) is 9.59 Å². The number of ether oxygens (including phenoxy) is 1. The Morgan fingerprint density at radius 3 is 1.79 bits per heavy atom. The molecular weight excluding hydrogens is 436 g/mol. The minimum atomic E-state index is -0.351. The number of hydrogen-bond acceptors (Lipinski definition) is 5. The molecule has 0 bridgehead atoms. The molecule has 1 fully saturated rings. The van der Waals surface area contributed by atoms with Gasteiger partial charge < -0.3 is 15.4 Å². The number of nitrogens with one attached hydrogen (secondary N) is 3. The zero-order valence-corrected chi connectivity index (χ0v) is 18.3. The van der Waals surface area contributed by atoms with Crippen LogP contribution in [0.4, 0.5) is 17.1 Å². The molecule has 4 amide bonds. The van der Waals surface area contributed by atoms with E-state index in [0.717, 1.165) is 0 Å². The highest BCUT2D eigenvalue weighted by atomic mass is 16.5. The molecule has 9 nitrogen and oxygen atoms in total.